The second-order valence-corrected chi connectivity index (χ2v) is 4.56. The summed E-state index contributed by atoms with van der Waals surface area (Å²) in [7, 11) is 0. The summed E-state index contributed by atoms with van der Waals surface area (Å²) in [6.45, 7) is 2.31. The van der Waals surface area contributed by atoms with Gasteiger partial charge in [0.05, 0.1) is 17.7 Å². The van der Waals surface area contributed by atoms with E-state index in [0.717, 1.165) is 11.3 Å². The van der Waals surface area contributed by atoms with Gasteiger partial charge in [0.1, 0.15) is 0 Å². The zero-order chi connectivity index (χ0) is 13.1. The van der Waals surface area contributed by atoms with Crippen molar-refractivity contribution in [1.29, 1.82) is 5.26 Å². The molecule has 0 aliphatic rings. The molecule has 1 N–H and O–H groups in total. The highest BCUT2D eigenvalue weighted by Gasteiger charge is 2.09. The molecule has 0 saturated carbocycles. The zero-order valence-corrected chi connectivity index (χ0v) is 10.7. The van der Waals surface area contributed by atoms with Crippen LogP contribution in [0.2, 0.25) is 5.02 Å². The normalized spacial score (nSPS) is 12.1. The molecule has 0 radical (unpaired) electrons. The van der Waals surface area contributed by atoms with Gasteiger partial charge in [0, 0.05) is 23.5 Å². The molecule has 0 bridgehead atoms. The molecule has 0 saturated heterocycles. The van der Waals surface area contributed by atoms with Crippen LogP contribution < -0.4 is 0 Å². The topological polar surface area (TPSA) is 49.0 Å². The minimum Gasteiger partial charge on any atom is -0.387 e. The molecule has 1 unspecified atom stereocenters. The summed E-state index contributed by atoms with van der Waals surface area (Å²) in [4.78, 5) is 0. The van der Waals surface area contributed by atoms with E-state index in [9.17, 15) is 5.11 Å². The molecule has 0 fully saturated rings. The van der Waals surface area contributed by atoms with E-state index in [1.54, 1.807) is 19.1 Å². The Labute approximate surface area is 111 Å². The number of halogens is 1. The molecule has 92 valence electrons. The average molecular weight is 261 g/mol. The van der Waals surface area contributed by atoms with E-state index < -0.39 is 6.10 Å². The van der Waals surface area contributed by atoms with Gasteiger partial charge in [0.25, 0.3) is 0 Å². The number of aliphatic hydroxyl groups is 1. The fourth-order valence-electron chi connectivity index (χ4n) is 1.88. The van der Waals surface area contributed by atoms with Gasteiger partial charge < -0.3 is 9.67 Å². The second-order valence-electron chi connectivity index (χ2n) is 4.15. The van der Waals surface area contributed by atoms with Crippen molar-refractivity contribution < 1.29 is 5.11 Å². The molecular weight excluding hydrogens is 248 g/mol. The van der Waals surface area contributed by atoms with Crippen LogP contribution in [0, 0.1) is 11.3 Å². The summed E-state index contributed by atoms with van der Waals surface area (Å²) in [5.74, 6) is 0. The first-order valence-electron chi connectivity index (χ1n) is 5.63. The number of benzene rings is 1. The summed E-state index contributed by atoms with van der Waals surface area (Å²) in [6.07, 6.45) is 1.38. The Kier molecular flexibility index (Phi) is 3.71. The minimum atomic E-state index is -0.517. The fraction of sp³-hybridized carbons (Fsp3) is 0.214. The highest BCUT2D eigenvalue weighted by Crippen LogP contribution is 2.21. The predicted octanol–water partition coefficient (Wildman–Crippen LogP) is 3.11. The molecule has 0 aliphatic carbocycles. The van der Waals surface area contributed by atoms with Crippen LogP contribution in [0.25, 0.3) is 0 Å². The quantitative estimate of drug-likeness (QED) is 0.922. The molecule has 3 nitrogen and oxygen atoms in total. The van der Waals surface area contributed by atoms with Crippen LogP contribution in [0.3, 0.4) is 0 Å². The van der Waals surface area contributed by atoms with Gasteiger partial charge in [0.15, 0.2) is 0 Å². The van der Waals surface area contributed by atoms with Gasteiger partial charge in [-0.25, -0.2) is 0 Å². The lowest BCUT2D eigenvalue weighted by molar-refractivity contribution is 0.190. The van der Waals surface area contributed by atoms with Crippen LogP contribution in [-0.2, 0) is 6.54 Å². The Balaban J connectivity index is 2.29. The second kappa shape index (κ2) is 5.26. The highest BCUT2D eigenvalue weighted by molar-refractivity contribution is 6.31. The van der Waals surface area contributed by atoms with Crippen LogP contribution in [0.15, 0.2) is 36.5 Å². The molecule has 4 heteroatoms. The highest BCUT2D eigenvalue weighted by atomic mass is 35.5. The van der Waals surface area contributed by atoms with Gasteiger partial charge in [-0.1, -0.05) is 17.7 Å². The number of nitriles is 1. The lowest BCUT2D eigenvalue weighted by Gasteiger charge is -2.12. The third kappa shape index (κ3) is 2.56. The number of aliphatic hydroxyl groups excluding tert-OH is 1. The molecule has 18 heavy (non-hydrogen) atoms. The van der Waals surface area contributed by atoms with E-state index in [0.29, 0.717) is 17.1 Å². The average Bonchev–Trinajstić information content (AvgIpc) is 2.80. The number of hydrogen-bond acceptors (Lipinski definition) is 2. The first kappa shape index (κ1) is 12.7. The zero-order valence-electron chi connectivity index (χ0n) is 9.97. The summed E-state index contributed by atoms with van der Waals surface area (Å²) >= 11 is 6.13. The van der Waals surface area contributed by atoms with Crippen LogP contribution in [0.1, 0.15) is 29.8 Å². The SMILES string of the molecule is CC(O)c1cccn1Cc1ccc(C#N)cc1Cl. The van der Waals surface area contributed by atoms with Gasteiger partial charge >= 0.3 is 0 Å². The molecule has 2 aromatic rings. The van der Waals surface area contributed by atoms with Crippen molar-refractivity contribution in [3.05, 3.63) is 58.4 Å². The lowest BCUT2D eigenvalue weighted by Crippen LogP contribution is -2.06. The van der Waals surface area contributed by atoms with Gasteiger partial charge in [-0.05, 0) is 36.8 Å². The van der Waals surface area contributed by atoms with Gasteiger partial charge in [-0.2, -0.15) is 5.26 Å². The van der Waals surface area contributed by atoms with Crippen LogP contribution in [-0.4, -0.2) is 9.67 Å². The van der Waals surface area contributed by atoms with E-state index in [1.165, 1.54) is 0 Å². The van der Waals surface area contributed by atoms with Crippen molar-refractivity contribution >= 4 is 11.6 Å². The maximum absolute atomic E-state index is 9.63. The molecule has 0 amide bonds. The Morgan fingerprint density at radius 3 is 2.83 bits per heavy atom. The number of nitrogens with zero attached hydrogens (tertiary/aromatic N) is 2. The Morgan fingerprint density at radius 2 is 2.22 bits per heavy atom. The van der Waals surface area contributed by atoms with Crippen molar-refractivity contribution in [1.82, 2.24) is 4.57 Å². The van der Waals surface area contributed by atoms with Crippen molar-refractivity contribution in [2.75, 3.05) is 0 Å². The van der Waals surface area contributed by atoms with Gasteiger partial charge in [0.2, 0.25) is 0 Å². The Bertz CT molecular complexity index is 596. The summed E-state index contributed by atoms with van der Waals surface area (Å²) in [5, 5.41) is 19.0. The van der Waals surface area contributed by atoms with Crippen molar-refractivity contribution in [3.63, 3.8) is 0 Å². The molecule has 0 aliphatic heterocycles. The summed E-state index contributed by atoms with van der Waals surface area (Å²) in [6, 6.07) is 11.1. The number of rotatable bonds is 3. The van der Waals surface area contributed by atoms with E-state index in [-0.39, 0.29) is 0 Å². The van der Waals surface area contributed by atoms with Crippen molar-refractivity contribution in [2.45, 2.75) is 19.6 Å². The maximum atomic E-state index is 9.63. The molecule has 1 heterocycles. The predicted molar refractivity (Wildman–Crippen MR) is 70.3 cm³/mol. The smallest absolute Gasteiger partial charge is 0.0992 e. The molecule has 1 atom stereocenters. The number of hydrogen-bond donors (Lipinski definition) is 1. The largest absolute Gasteiger partial charge is 0.387 e. The van der Waals surface area contributed by atoms with E-state index in [4.69, 9.17) is 16.9 Å². The van der Waals surface area contributed by atoms with Crippen molar-refractivity contribution in [2.24, 2.45) is 0 Å². The third-order valence-electron chi connectivity index (χ3n) is 2.82. The molecule has 0 spiro atoms. The van der Waals surface area contributed by atoms with E-state index in [2.05, 4.69) is 6.07 Å². The first-order valence-corrected chi connectivity index (χ1v) is 6.01. The molecule has 2 rings (SSSR count). The minimum absolute atomic E-state index is 0.517. The third-order valence-corrected chi connectivity index (χ3v) is 3.17. The van der Waals surface area contributed by atoms with E-state index in [1.807, 2.05) is 29.0 Å². The molecular formula is C14H13ClN2O. The molecule has 1 aromatic heterocycles. The van der Waals surface area contributed by atoms with Gasteiger partial charge in [-0.3, -0.25) is 0 Å². The van der Waals surface area contributed by atoms with Gasteiger partial charge in [-0.15, -0.1) is 0 Å². The molecule has 1 aromatic carbocycles. The van der Waals surface area contributed by atoms with Crippen LogP contribution in [0.5, 0.6) is 0 Å². The summed E-state index contributed by atoms with van der Waals surface area (Å²) in [5.41, 5.74) is 2.32. The first-order chi connectivity index (χ1) is 8.61. The fourth-order valence-corrected chi connectivity index (χ4v) is 2.12. The van der Waals surface area contributed by atoms with Crippen molar-refractivity contribution in [3.8, 4) is 6.07 Å². The van der Waals surface area contributed by atoms with E-state index >= 15 is 0 Å². The standard InChI is InChI=1S/C14H13ClN2O/c1-10(18)14-3-2-6-17(14)9-12-5-4-11(8-16)7-13(12)15/h2-7,10,18H,9H2,1H3. The lowest BCUT2D eigenvalue weighted by atomic mass is 10.1. The summed E-state index contributed by atoms with van der Waals surface area (Å²) < 4.78 is 1.94. The van der Waals surface area contributed by atoms with Crippen LogP contribution >= 0.6 is 11.6 Å². The van der Waals surface area contributed by atoms with Crippen LogP contribution in [0.4, 0.5) is 0 Å². The Morgan fingerprint density at radius 1 is 1.44 bits per heavy atom. The number of aromatic nitrogens is 1. The maximum Gasteiger partial charge on any atom is 0.0992 e. The monoisotopic (exact) mass is 260 g/mol. The Hall–Kier alpha value is -1.76.